The Morgan fingerprint density at radius 2 is 1.87 bits per heavy atom. The number of anilines is 1. The van der Waals surface area contributed by atoms with Gasteiger partial charge in [0.15, 0.2) is 0 Å². The number of carbonyl (C=O) groups excluding carboxylic acids is 2. The van der Waals surface area contributed by atoms with E-state index in [1.165, 1.54) is 6.07 Å². The normalized spacial score (nSPS) is 13.3. The highest BCUT2D eigenvalue weighted by atomic mass is 19.1. The lowest BCUT2D eigenvalue weighted by atomic mass is 10.2. The maximum Gasteiger partial charge on any atom is 0.315 e. The monoisotopic (exact) mass is 322 g/mol. The number of carbonyl (C=O) groups is 2. The summed E-state index contributed by atoms with van der Waals surface area (Å²) in [6, 6.07) is 4.51. The second-order valence-corrected chi connectivity index (χ2v) is 5.85. The van der Waals surface area contributed by atoms with Crippen molar-refractivity contribution in [3.05, 3.63) is 29.6 Å². The molecule has 23 heavy (non-hydrogen) atoms. The van der Waals surface area contributed by atoms with E-state index in [1.54, 1.807) is 31.1 Å². The van der Waals surface area contributed by atoms with Gasteiger partial charge in [-0.2, -0.15) is 0 Å². The number of amides is 3. The predicted octanol–water partition coefficient (Wildman–Crippen LogP) is 1.22. The van der Waals surface area contributed by atoms with Crippen molar-refractivity contribution in [2.75, 3.05) is 32.1 Å². The van der Waals surface area contributed by atoms with Gasteiger partial charge in [0.1, 0.15) is 5.82 Å². The third-order valence-corrected chi connectivity index (χ3v) is 3.60. The summed E-state index contributed by atoms with van der Waals surface area (Å²) < 4.78 is 13.8. The summed E-state index contributed by atoms with van der Waals surface area (Å²) in [5.74, 6) is -0.0926. The number of benzene rings is 1. The molecule has 0 aromatic heterocycles. The molecule has 7 heteroatoms. The average Bonchev–Trinajstić information content (AvgIpc) is 3.33. The maximum absolute atomic E-state index is 13.8. The molecule has 6 nitrogen and oxygen atoms in total. The standard InChI is InChI=1S/C16H23FN4O2/c1-21(2)14-6-3-11(9-13(14)17)10-20-16(23)19-8-7-18-15(22)12-4-5-12/h3,6,9,12H,4-5,7-8,10H2,1-2H3,(H,18,22)(H2,19,20,23). The summed E-state index contributed by atoms with van der Waals surface area (Å²) in [5, 5.41) is 8.06. The fourth-order valence-electron chi connectivity index (χ4n) is 2.12. The highest BCUT2D eigenvalue weighted by molar-refractivity contribution is 5.80. The molecule has 2 rings (SSSR count). The van der Waals surface area contributed by atoms with E-state index in [2.05, 4.69) is 16.0 Å². The Hall–Kier alpha value is -2.31. The number of nitrogens with one attached hydrogen (secondary N) is 3. The Bertz CT molecular complexity index is 573. The zero-order chi connectivity index (χ0) is 16.8. The van der Waals surface area contributed by atoms with Gasteiger partial charge in [0, 0.05) is 39.6 Å². The van der Waals surface area contributed by atoms with Gasteiger partial charge in [-0.05, 0) is 30.5 Å². The molecule has 0 bridgehead atoms. The number of nitrogens with zero attached hydrogens (tertiary/aromatic N) is 1. The van der Waals surface area contributed by atoms with E-state index in [-0.39, 0.29) is 30.2 Å². The number of urea groups is 1. The van der Waals surface area contributed by atoms with Crippen LogP contribution in [-0.2, 0) is 11.3 Å². The second kappa shape index (κ2) is 7.80. The Morgan fingerprint density at radius 1 is 1.17 bits per heavy atom. The Labute approximate surface area is 135 Å². The maximum atomic E-state index is 13.8. The Morgan fingerprint density at radius 3 is 2.48 bits per heavy atom. The van der Waals surface area contributed by atoms with E-state index >= 15 is 0 Å². The van der Waals surface area contributed by atoms with Crippen LogP contribution in [0.1, 0.15) is 18.4 Å². The quantitative estimate of drug-likeness (QED) is 0.661. The fraction of sp³-hybridized carbons (Fsp3) is 0.500. The van der Waals surface area contributed by atoms with Gasteiger partial charge in [-0.3, -0.25) is 4.79 Å². The molecule has 0 saturated heterocycles. The van der Waals surface area contributed by atoms with Crippen LogP contribution in [0.25, 0.3) is 0 Å². The number of rotatable bonds is 7. The van der Waals surface area contributed by atoms with Gasteiger partial charge in [-0.1, -0.05) is 6.07 Å². The Balaban J connectivity index is 1.65. The molecule has 3 amide bonds. The molecule has 0 radical (unpaired) electrons. The summed E-state index contributed by atoms with van der Waals surface area (Å²) in [6.45, 7) is 1.01. The summed E-state index contributed by atoms with van der Waals surface area (Å²) in [5.41, 5.74) is 1.19. The first kappa shape index (κ1) is 17.1. The molecule has 1 fully saturated rings. The van der Waals surface area contributed by atoms with E-state index in [4.69, 9.17) is 0 Å². The van der Waals surface area contributed by atoms with Gasteiger partial charge in [0.25, 0.3) is 0 Å². The van der Waals surface area contributed by atoms with Crippen molar-refractivity contribution in [2.45, 2.75) is 19.4 Å². The topological polar surface area (TPSA) is 73.5 Å². The smallest absolute Gasteiger partial charge is 0.315 e. The molecule has 1 saturated carbocycles. The van der Waals surface area contributed by atoms with Crippen LogP contribution in [0.5, 0.6) is 0 Å². The number of halogens is 1. The van der Waals surface area contributed by atoms with Gasteiger partial charge in [0.05, 0.1) is 5.69 Å². The zero-order valence-electron chi connectivity index (χ0n) is 13.5. The summed E-state index contributed by atoms with van der Waals surface area (Å²) in [4.78, 5) is 24.7. The summed E-state index contributed by atoms with van der Waals surface area (Å²) in [7, 11) is 3.54. The van der Waals surface area contributed by atoms with Crippen LogP contribution >= 0.6 is 0 Å². The molecule has 0 spiro atoms. The average molecular weight is 322 g/mol. The van der Waals surface area contributed by atoms with Crippen molar-refractivity contribution in [2.24, 2.45) is 5.92 Å². The van der Waals surface area contributed by atoms with Crippen molar-refractivity contribution in [1.29, 1.82) is 0 Å². The van der Waals surface area contributed by atoms with Crippen LogP contribution in [0.4, 0.5) is 14.9 Å². The highest BCUT2D eigenvalue weighted by Gasteiger charge is 2.28. The SMILES string of the molecule is CN(C)c1ccc(CNC(=O)NCCNC(=O)C2CC2)cc1F. The first-order valence-electron chi connectivity index (χ1n) is 7.72. The molecule has 1 aromatic rings. The lowest BCUT2D eigenvalue weighted by Crippen LogP contribution is -2.40. The van der Waals surface area contributed by atoms with Crippen LogP contribution in [-0.4, -0.2) is 39.1 Å². The number of hydrogen-bond donors (Lipinski definition) is 3. The molecule has 0 unspecified atom stereocenters. The molecule has 1 aromatic carbocycles. The van der Waals surface area contributed by atoms with Crippen LogP contribution in [0, 0.1) is 11.7 Å². The van der Waals surface area contributed by atoms with Gasteiger partial charge < -0.3 is 20.9 Å². The van der Waals surface area contributed by atoms with Gasteiger partial charge in [0.2, 0.25) is 5.91 Å². The molecule has 0 heterocycles. The van der Waals surface area contributed by atoms with Crippen molar-refractivity contribution in [3.8, 4) is 0 Å². The van der Waals surface area contributed by atoms with E-state index in [9.17, 15) is 14.0 Å². The minimum Gasteiger partial charge on any atom is -0.375 e. The first-order chi connectivity index (χ1) is 11.0. The lowest BCUT2D eigenvalue weighted by Gasteiger charge is -2.14. The van der Waals surface area contributed by atoms with Crippen molar-refractivity contribution in [3.63, 3.8) is 0 Å². The highest BCUT2D eigenvalue weighted by Crippen LogP contribution is 2.28. The Kier molecular flexibility index (Phi) is 5.78. The number of hydrogen-bond acceptors (Lipinski definition) is 3. The van der Waals surface area contributed by atoms with Crippen LogP contribution in [0.2, 0.25) is 0 Å². The van der Waals surface area contributed by atoms with Crippen LogP contribution in [0.15, 0.2) is 18.2 Å². The molecule has 126 valence electrons. The summed E-state index contributed by atoms with van der Waals surface area (Å²) in [6.07, 6.45) is 1.92. The molecule has 1 aliphatic rings. The van der Waals surface area contributed by atoms with Crippen molar-refractivity contribution in [1.82, 2.24) is 16.0 Å². The third-order valence-electron chi connectivity index (χ3n) is 3.60. The second-order valence-electron chi connectivity index (χ2n) is 5.85. The van der Waals surface area contributed by atoms with E-state index in [1.807, 2.05) is 0 Å². The van der Waals surface area contributed by atoms with Crippen LogP contribution in [0.3, 0.4) is 0 Å². The molecular weight excluding hydrogens is 299 g/mol. The van der Waals surface area contributed by atoms with E-state index < -0.39 is 0 Å². The van der Waals surface area contributed by atoms with Gasteiger partial charge in [-0.15, -0.1) is 0 Å². The van der Waals surface area contributed by atoms with Crippen molar-refractivity contribution < 1.29 is 14.0 Å². The van der Waals surface area contributed by atoms with Gasteiger partial charge >= 0.3 is 6.03 Å². The van der Waals surface area contributed by atoms with Crippen molar-refractivity contribution >= 4 is 17.6 Å². The molecular formula is C16H23FN4O2. The minimum absolute atomic E-state index is 0.0589. The zero-order valence-corrected chi connectivity index (χ0v) is 13.5. The summed E-state index contributed by atoms with van der Waals surface area (Å²) >= 11 is 0. The van der Waals surface area contributed by atoms with E-state index in [0.29, 0.717) is 24.3 Å². The molecule has 3 N–H and O–H groups in total. The minimum atomic E-state index is -0.345. The first-order valence-corrected chi connectivity index (χ1v) is 7.72. The predicted molar refractivity (Wildman–Crippen MR) is 86.7 cm³/mol. The third kappa shape index (κ3) is 5.43. The van der Waals surface area contributed by atoms with Gasteiger partial charge in [-0.25, -0.2) is 9.18 Å². The fourth-order valence-corrected chi connectivity index (χ4v) is 2.12. The molecule has 1 aliphatic carbocycles. The van der Waals surface area contributed by atoms with Crippen LogP contribution < -0.4 is 20.9 Å². The largest absolute Gasteiger partial charge is 0.375 e. The molecule has 0 atom stereocenters. The van der Waals surface area contributed by atoms with E-state index in [0.717, 1.165) is 12.8 Å². The lowest BCUT2D eigenvalue weighted by molar-refractivity contribution is -0.122. The molecule has 0 aliphatic heterocycles.